The Morgan fingerprint density at radius 3 is 2.33 bits per heavy atom. The van der Waals surface area contributed by atoms with Crippen LogP contribution in [0.25, 0.3) is 11.1 Å². The molecule has 0 saturated carbocycles. The molecule has 1 aromatic heterocycles. The fourth-order valence-corrected chi connectivity index (χ4v) is 3.45. The summed E-state index contributed by atoms with van der Waals surface area (Å²) >= 11 is 1.73. The number of carbonyl (C=O) groups is 1. The van der Waals surface area contributed by atoms with Crippen molar-refractivity contribution in [1.82, 2.24) is 0 Å². The summed E-state index contributed by atoms with van der Waals surface area (Å²) < 4.78 is 0. The van der Waals surface area contributed by atoms with E-state index in [4.69, 9.17) is 0 Å². The average molecular weight is 337 g/mol. The van der Waals surface area contributed by atoms with E-state index in [1.54, 1.807) is 11.3 Å². The molecule has 1 amide bonds. The van der Waals surface area contributed by atoms with E-state index in [2.05, 4.69) is 28.9 Å². The van der Waals surface area contributed by atoms with Crippen LogP contribution in [0.15, 0.2) is 72.1 Å². The maximum atomic E-state index is 12.2. The van der Waals surface area contributed by atoms with Crippen molar-refractivity contribution in [3.63, 3.8) is 0 Å². The Labute approximate surface area is 146 Å². The minimum absolute atomic E-state index is 0.0384. The lowest BCUT2D eigenvalue weighted by atomic mass is 10.1. The Kier molecular flexibility index (Phi) is 5.41. The standard InChI is InChI=1S/C20H20N2OS/c1-22(14-19-8-5-13-24-19)15-20(23)21-18-11-9-17(10-12-18)16-6-3-2-4-7-16/h2-13H,14-15H2,1H3,(H,21,23)/p+1. The normalized spacial score (nSPS) is 11.9. The molecule has 122 valence electrons. The van der Waals surface area contributed by atoms with E-state index in [-0.39, 0.29) is 5.91 Å². The van der Waals surface area contributed by atoms with Crippen molar-refractivity contribution >= 4 is 22.9 Å². The van der Waals surface area contributed by atoms with E-state index >= 15 is 0 Å². The van der Waals surface area contributed by atoms with Gasteiger partial charge in [-0.2, -0.15) is 0 Å². The van der Waals surface area contributed by atoms with Crippen molar-refractivity contribution < 1.29 is 9.69 Å². The molecule has 4 heteroatoms. The Morgan fingerprint density at radius 1 is 0.958 bits per heavy atom. The van der Waals surface area contributed by atoms with E-state index in [9.17, 15) is 4.79 Å². The van der Waals surface area contributed by atoms with Crippen molar-refractivity contribution in [1.29, 1.82) is 0 Å². The molecule has 3 rings (SSSR count). The first-order chi connectivity index (χ1) is 11.7. The molecule has 3 aromatic rings. The summed E-state index contributed by atoms with van der Waals surface area (Å²) in [6.07, 6.45) is 0. The van der Waals surface area contributed by atoms with Gasteiger partial charge in [0, 0.05) is 5.69 Å². The molecule has 0 spiro atoms. The Bertz CT molecular complexity index is 767. The predicted molar refractivity (Wildman–Crippen MR) is 100 cm³/mol. The van der Waals surface area contributed by atoms with Crippen LogP contribution in [-0.4, -0.2) is 19.5 Å². The molecule has 2 aromatic carbocycles. The number of amides is 1. The summed E-state index contributed by atoms with van der Waals surface area (Å²) in [5, 5.41) is 5.04. The summed E-state index contributed by atoms with van der Waals surface area (Å²) in [7, 11) is 2.04. The monoisotopic (exact) mass is 337 g/mol. The predicted octanol–water partition coefficient (Wildman–Crippen LogP) is 3.07. The third-order valence-corrected chi connectivity index (χ3v) is 4.67. The number of rotatable bonds is 6. The minimum atomic E-state index is 0.0384. The van der Waals surface area contributed by atoms with Gasteiger partial charge in [-0.15, -0.1) is 11.3 Å². The largest absolute Gasteiger partial charge is 0.325 e. The number of thiophene rings is 1. The smallest absolute Gasteiger partial charge is 0.279 e. The molecule has 2 N–H and O–H groups in total. The quantitative estimate of drug-likeness (QED) is 0.712. The molecule has 1 heterocycles. The van der Waals surface area contributed by atoms with Gasteiger partial charge >= 0.3 is 0 Å². The lowest BCUT2D eigenvalue weighted by molar-refractivity contribution is -0.884. The number of quaternary nitrogens is 1. The molecular weight excluding hydrogens is 316 g/mol. The molecule has 0 aliphatic rings. The summed E-state index contributed by atoms with van der Waals surface area (Å²) in [6, 6.07) is 22.3. The maximum absolute atomic E-state index is 12.2. The van der Waals surface area contributed by atoms with Crippen LogP contribution in [0.3, 0.4) is 0 Å². The van der Waals surface area contributed by atoms with Crippen LogP contribution in [0.4, 0.5) is 5.69 Å². The lowest BCUT2D eigenvalue weighted by Gasteiger charge is -2.13. The van der Waals surface area contributed by atoms with E-state index in [1.165, 1.54) is 15.3 Å². The maximum Gasteiger partial charge on any atom is 0.279 e. The third-order valence-electron chi connectivity index (χ3n) is 3.79. The highest BCUT2D eigenvalue weighted by Crippen LogP contribution is 2.20. The van der Waals surface area contributed by atoms with Gasteiger partial charge in [-0.3, -0.25) is 4.79 Å². The molecule has 1 unspecified atom stereocenters. The highest BCUT2D eigenvalue weighted by Gasteiger charge is 2.11. The van der Waals surface area contributed by atoms with Gasteiger partial charge < -0.3 is 10.2 Å². The van der Waals surface area contributed by atoms with Crippen LogP contribution in [0, 0.1) is 0 Å². The van der Waals surface area contributed by atoms with Gasteiger partial charge in [0.15, 0.2) is 6.54 Å². The second-order valence-electron chi connectivity index (χ2n) is 5.88. The first-order valence-electron chi connectivity index (χ1n) is 8.00. The molecule has 0 aliphatic carbocycles. The third kappa shape index (κ3) is 4.54. The molecular formula is C20H21N2OS+. The molecule has 0 bridgehead atoms. The van der Waals surface area contributed by atoms with Crippen molar-refractivity contribution in [2.75, 3.05) is 18.9 Å². The highest BCUT2D eigenvalue weighted by molar-refractivity contribution is 7.09. The van der Waals surface area contributed by atoms with Crippen molar-refractivity contribution in [3.05, 3.63) is 77.0 Å². The van der Waals surface area contributed by atoms with E-state index < -0.39 is 0 Å². The second kappa shape index (κ2) is 7.90. The summed E-state index contributed by atoms with van der Waals surface area (Å²) in [5.74, 6) is 0.0384. The first-order valence-corrected chi connectivity index (χ1v) is 8.88. The molecule has 3 nitrogen and oxygen atoms in total. The molecule has 1 atom stereocenters. The van der Waals surface area contributed by atoms with Gasteiger partial charge in [-0.25, -0.2) is 0 Å². The second-order valence-corrected chi connectivity index (χ2v) is 6.91. The van der Waals surface area contributed by atoms with Gasteiger partial charge in [0.25, 0.3) is 5.91 Å². The van der Waals surface area contributed by atoms with Gasteiger partial charge in [0.2, 0.25) is 0 Å². The Morgan fingerprint density at radius 2 is 1.67 bits per heavy atom. The molecule has 24 heavy (non-hydrogen) atoms. The van der Waals surface area contributed by atoms with Crippen LogP contribution in [0.1, 0.15) is 4.88 Å². The lowest BCUT2D eigenvalue weighted by Crippen LogP contribution is -3.08. The van der Waals surface area contributed by atoms with Crippen LogP contribution in [-0.2, 0) is 11.3 Å². The van der Waals surface area contributed by atoms with Gasteiger partial charge in [0.1, 0.15) is 6.54 Å². The highest BCUT2D eigenvalue weighted by atomic mass is 32.1. The number of nitrogens with one attached hydrogen (secondary N) is 2. The molecule has 0 fully saturated rings. The van der Waals surface area contributed by atoms with Crippen molar-refractivity contribution in [2.24, 2.45) is 0 Å². The minimum Gasteiger partial charge on any atom is -0.325 e. The van der Waals surface area contributed by atoms with Crippen molar-refractivity contribution in [3.8, 4) is 11.1 Å². The summed E-state index contributed by atoms with van der Waals surface area (Å²) in [6.45, 7) is 1.33. The number of hydrogen-bond acceptors (Lipinski definition) is 2. The average Bonchev–Trinajstić information content (AvgIpc) is 3.09. The van der Waals surface area contributed by atoms with Crippen molar-refractivity contribution in [2.45, 2.75) is 6.54 Å². The number of carbonyl (C=O) groups excluding carboxylic acids is 1. The zero-order chi connectivity index (χ0) is 16.8. The van der Waals surface area contributed by atoms with E-state index in [0.717, 1.165) is 17.8 Å². The number of hydrogen-bond donors (Lipinski definition) is 2. The SMILES string of the molecule is C[NH+](CC(=O)Nc1ccc(-c2ccccc2)cc1)Cc1cccs1. The van der Waals surface area contributed by atoms with Crippen LogP contribution < -0.4 is 10.2 Å². The fourth-order valence-electron chi connectivity index (χ4n) is 2.63. The van der Waals surface area contributed by atoms with Gasteiger partial charge in [0.05, 0.1) is 11.9 Å². The molecule has 0 saturated heterocycles. The Balaban J connectivity index is 1.54. The van der Waals surface area contributed by atoms with E-state index in [0.29, 0.717) is 6.54 Å². The van der Waals surface area contributed by atoms with Gasteiger partial charge in [-0.1, -0.05) is 48.5 Å². The Hall–Kier alpha value is -2.43. The topological polar surface area (TPSA) is 33.5 Å². The summed E-state index contributed by atoms with van der Waals surface area (Å²) in [5.41, 5.74) is 3.16. The van der Waals surface area contributed by atoms with E-state index in [1.807, 2.05) is 55.6 Å². The van der Waals surface area contributed by atoms with Crippen LogP contribution >= 0.6 is 11.3 Å². The number of anilines is 1. The summed E-state index contributed by atoms with van der Waals surface area (Å²) in [4.78, 5) is 14.7. The number of likely N-dealkylation sites (N-methyl/N-ethyl adjacent to an activating group) is 1. The van der Waals surface area contributed by atoms with Crippen LogP contribution in [0.2, 0.25) is 0 Å². The van der Waals surface area contributed by atoms with Crippen LogP contribution in [0.5, 0.6) is 0 Å². The first kappa shape index (κ1) is 16.4. The zero-order valence-electron chi connectivity index (χ0n) is 13.7. The fraction of sp³-hybridized carbons (Fsp3) is 0.150. The molecule has 0 radical (unpaired) electrons. The van der Waals surface area contributed by atoms with Gasteiger partial charge in [-0.05, 0) is 34.7 Å². The number of benzene rings is 2. The zero-order valence-corrected chi connectivity index (χ0v) is 14.5. The molecule has 0 aliphatic heterocycles.